The second kappa shape index (κ2) is 4.90. The number of hydrogen-bond donors (Lipinski definition) is 2. The van der Waals surface area contributed by atoms with Crippen molar-refractivity contribution in [1.82, 2.24) is 5.32 Å². The summed E-state index contributed by atoms with van der Waals surface area (Å²) in [7, 11) is 0. The van der Waals surface area contributed by atoms with E-state index in [-0.39, 0.29) is 17.7 Å². The lowest BCUT2D eigenvalue weighted by atomic mass is 9.85. The molecule has 0 aromatic heterocycles. The minimum atomic E-state index is -0.811. The molecule has 0 bridgehead atoms. The zero-order valence-electron chi connectivity index (χ0n) is 11.1. The lowest BCUT2D eigenvalue weighted by molar-refractivity contribution is -0.140. The molecule has 2 saturated carbocycles. The van der Waals surface area contributed by atoms with E-state index >= 15 is 0 Å². The van der Waals surface area contributed by atoms with E-state index in [2.05, 4.69) is 5.32 Å². The van der Waals surface area contributed by atoms with Crippen molar-refractivity contribution in [2.45, 2.75) is 70.3 Å². The number of carbonyl (C=O) groups excluding carboxylic acids is 1. The van der Waals surface area contributed by atoms with Gasteiger partial charge in [0.15, 0.2) is 0 Å². The van der Waals surface area contributed by atoms with Crippen molar-refractivity contribution in [1.29, 1.82) is 0 Å². The van der Waals surface area contributed by atoms with Crippen molar-refractivity contribution < 1.29 is 14.7 Å². The summed E-state index contributed by atoms with van der Waals surface area (Å²) < 4.78 is 0. The zero-order chi connectivity index (χ0) is 13.2. The van der Waals surface area contributed by atoms with Crippen LogP contribution in [0.4, 0.5) is 0 Å². The second-order valence-electron chi connectivity index (χ2n) is 6.28. The topological polar surface area (TPSA) is 66.4 Å². The molecule has 2 fully saturated rings. The van der Waals surface area contributed by atoms with Gasteiger partial charge in [-0.05, 0) is 25.7 Å². The maximum absolute atomic E-state index is 12.4. The highest BCUT2D eigenvalue weighted by molar-refractivity contribution is 5.84. The van der Waals surface area contributed by atoms with Gasteiger partial charge in [0.05, 0.1) is 12.0 Å². The van der Waals surface area contributed by atoms with Crippen molar-refractivity contribution in [3.05, 3.63) is 0 Å². The minimum Gasteiger partial charge on any atom is -0.481 e. The predicted molar refractivity (Wildman–Crippen MR) is 68.2 cm³/mol. The van der Waals surface area contributed by atoms with E-state index in [0.717, 1.165) is 51.4 Å². The Labute approximate surface area is 108 Å². The van der Waals surface area contributed by atoms with E-state index in [0.29, 0.717) is 0 Å². The second-order valence-corrected chi connectivity index (χ2v) is 6.28. The van der Waals surface area contributed by atoms with Crippen molar-refractivity contribution >= 4 is 11.9 Å². The zero-order valence-corrected chi connectivity index (χ0v) is 11.1. The Kier molecular flexibility index (Phi) is 3.64. The third-order valence-electron chi connectivity index (χ3n) is 4.68. The van der Waals surface area contributed by atoms with Gasteiger partial charge in [0.1, 0.15) is 0 Å². The molecule has 0 atom stereocenters. The molecule has 0 unspecified atom stereocenters. The van der Waals surface area contributed by atoms with Crippen LogP contribution in [0.1, 0.15) is 64.7 Å². The molecule has 2 aliphatic carbocycles. The molecule has 0 radical (unpaired) electrons. The highest BCUT2D eigenvalue weighted by Gasteiger charge is 2.43. The molecule has 18 heavy (non-hydrogen) atoms. The Morgan fingerprint density at radius 3 is 2.06 bits per heavy atom. The fourth-order valence-electron chi connectivity index (χ4n) is 3.46. The third-order valence-corrected chi connectivity index (χ3v) is 4.68. The van der Waals surface area contributed by atoms with Crippen LogP contribution in [0.2, 0.25) is 0 Å². The van der Waals surface area contributed by atoms with Crippen molar-refractivity contribution in [2.24, 2.45) is 5.41 Å². The fraction of sp³-hybridized carbons (Fsp3) is 0.857. The Morgan fingerprint density at radius 2 is 1.56 bits per heavy atom. The van der Waals surface area contributed by atoms with Gasteiger partial charge in [0.2, 0.25) is 5.91 Å². The fourth-order valence-corrected chi connectivity index (χ4v) is 3.46. The van der Waals surface area contributed by atoms with E-state index in [4.69, 9.17) is 5.11 Å². The van der Waals surface area contributed by atoms with Crippen LogP contribution in [-0.2, 0) is 9.59 Å². The maximum Gasteiger partial charge on any atom is 0.305 e. The molecule has 0 aromatic carbocycles. The Balaban J connectivity index is 2.04. The monoisotopic (exact) mass is 253 g/mol. The first-order valence-electron chi connectivity index (χ1n) is 7.00. The first-order valence-corrected chi connectivity index (χ1v) is 7.00. The predicted octanol–water partition coefficient (Wildman–Crippen LogP) is 2.47. The SMILES string of the molecule is CC1(C(=O)NC2(CC(=O)O)CCCC2)CCCC1. The van der Waals surface area contributed by atoms with E-state index in [9.17, 15) is 9.59 Å². The maximum atomic E-state index is 12.4. The molecule has 4 nitrogen and oxygen atoms in total. The molecule has 0 saturated heterocycles. The molecule has 0 spiro atoms. The molecule has 2 aliphatic rings. The van der Waals surface area contributed by atoms with Gasteiger partial charge in [0, 0.05) is 5.41 Å². The summed E-state index contributed by atoms with van der Waals surface area (Å²) in [6.45, 7) is 2.01. The summed E-state index contributed by atoms with van der Waals surface area (Å²) in [5.41, 5.74) is -0.747. The highest BCUT2D eigenvalue weighted by Crippen LogP contribution is 2.40. The molecule has 2 N–H and O–H groups in total. The summed E-state index contributed by atoms with van der Waals surface area (Å²) in [6.07, 6.45) is 7.79. The van der Waals surface area contributed by atoms with E-state index in [1.807, 2.05) is 6.92 Å². The quantitative estimate of drug-likeness (QED) is 0.808. The van der Waals surface area contributed by atoms with E-state index < -0.39 is 11.5 Å². The summed E-state index contributed by atoms with van der Waals surface area (Å²) in [4.78, 5) is 23.4. The number of nitrogens with one attached hydrogen (secondary N) is 1. The highest BCUT2D eigenvalue weighted by atomic mass is 16.4. The minimum absolute atomic E-state index is 0.0643. The van der Waals surface area contributed by atoms with Gasteiger partial charge in [-0.2, -0.15) is 0 Å². The normalized spacial score (nSPS) is 24.9. The molecule has 0 aromatic rings. The smallest absolute Gasteiger partial charge is 0.305 e. The first-order chi connectivity index (χ1) is 8.46. The first kappa shape index (κ1) is 13.4. The van der Waals surface area contributed by atoms with Gasteiger partial charge in [-0.15, -0.1) is 0 Å². The molecule has 102 valence electrons. The van der Waals surface area contributed by atoms with Gasteiger partial charge < -0.3 is 10.4 Å². The third kappa shape index (κ3) is 2.68. The summed E-state index contributed by atoms with van der Waals surface area (Å²) in [5, 5.41) is 12.1. The summed E-state index contributed by atoms with van der Waals surface area (Å²) >= 11 is 0. The van der Waals surface area contributed by atoms with Crippen LogP contribution < -0.4 is 5.32 Å². The van der Waals surface area contributed by atoms with Gasteiger partial charge in [-0.1, -0.05) is 32.6 Å². The largest absolute Gasteiger partial charge is 0.481 e. The lowest BCUT2D eigenvalue weighted by Gasteiger charge is -2.33. The van der Waals surface area contributed by atoms with Gasteiger partial charge in [0.25, 0.3) is 0 Å². The Bertz CT molecular complexity index is 339. The number of carboxylic acid groups (broad SMARTS) is 1. The van der Waals surface area contributed by atoms with Crippen molar-refractivity contribution in [2.75, 3.05) is 0 Å². The number of hydrogen-bond acceptors (Lipinski definition) is 2. The number of aliphatic carboxylic acids is 1. The van der Waals surface area contributed by atoms with Crippen LogP contribution in [-0.4, -0.2) is 22.5 Å². The molecule has 4 heteroatoms. The molecule has 1 amide bonds. The van der Waals surface area contributed by atoms with E-state index in [1.165, 1.54) is 0 Å². The molecular formula is C14H23NO3. The Morgan fingerprint density at radius 1 is 1.06 bits per heavy atom. The van der Waals surface area contributed by atoms with E-state index in [1.54, 1.807) is 0 Å². The average molecular weight is 253 g/mol. The van der Waals surface area contributed by atoms with Crippen LogP contribution >= 0.6 is 0 Å². The lowest BCUT2D eigenvalue weighted by Crippen LogP contribution is -2.52. The molecule has 2 rings (SSSR count). The molecule has 0 aliphatic heterocycles. The van der Waals surface area contributed by atoms with Crippen LogP contribution in [0.15, 0.2) is 0 Å². The number of amides is 1. The average Bonchev–Trinajstić information content (AvgIpc) is 2.88. The van der Waals surface area contributed by atoms with Gasteiger partial charge in [-0.25, -0.2) is 0 Å². The summed E-state index contributed by atoms with van der Waals surface area (Å²) in [5.74, 6) is -0.739. The van der Waals surface area contributed by atoms with Crippen molar-refractivity contribution in [3.8, 4) is 0 Å². The van der Waals surface area contributed by atoms with Crippen LogP contribution in [0.25, 0.3) is 0 Å². The number of carboxylic acids is 1. The van der Waals surface area contributed by atoms with Gasteiger partial charge >= 0.3 is 5.97 Å². The van der Waals surface area contributed by atoms with Gasteiger partial charge in [-0.3, -0.25) is 9.59 Å². The molecular weight excluding hydrogens is 230 g/mol. The van der Waals surface area contributed by atoms with Crippen LogP contribution in [0, 0.1) is 5.41 Å². The number of rotatable bonds is 4. The van der Waals surface area contributed by atoms with Crippen molar-refractivity contribution in [3.63, 3.8) is 0 Å². The van der Waals surface area contributed by atoms with Crippen LogP contribution in [0.3, 0.4) is 0 Å². The summed E-state index contributed by atoms with van der Waals surface area (Å²) in [6, 6.07) is 0. The molecule has 0 heterocycles. The number of carbonyl (C=O) groups is 2. The Hall–Kier alpha value is -1.06. The standard InChI is InChI=1S/C14H23NO3/c1-13(6-2-3-7-13)12(18)15-14(10-11(16)17)8-4-5-9-14/h2-10H2,1H3,(H,15,18)(H,16,17). The van der Waals surface area contributed by atoms with Crippen LogP contribution in [0.5, 0.6) is 0 Å².